The molecule has 4 heteroatoms. The third kappa shape index (κ3) is 2.05. The van der Waals surface area contributed by atoms with Crippen LogP contribution in [0.3, 0.4) is 0 Å². The van der Waals surface area contributed by atoms with Crippen molar-refractivity contribution in [3.05, 3.63) is 23.2 Å². The van der Waals surface area contributed by atoms with Crippen LogP contribution in [-0.4, -0.2) is 12.3 Å². The molecule has 0 saturated heterocycles. The van der Waals surface area contributed by atoms with E-state index in [1.807, 2.05) is 0 Å². The highest BCUT2D eigenvalue weighted by Crippen LogP contribution is 2.28. The minimum atomic E-state index is 0.556. The summed E-state index contributed by atoms with van der Waals surface area (Å²) in [6, 6.07) is 5.14. The van der Waals surface area contributed by atoms with Crippen LogP contribution in [-0.2, 0) is 0 Å². The number of thiocarbonyl (C=S) groups is 1. The van der Waals surface area contributed by atoms with Crippen molar-refractivity contribution < 1.29 is 4.74 Å². The number of ether oxygens (including phenoxy) is 1. The summed E-state index contributed by atoms with van der Waals surface area (Å²) >= 11 is 10.2. The molecular formula is C8H6ClNOS. The highest BCUT2D eigenvalue weighted by Gasteiger charge is 1.99. The first kappa shape index (κ1) is 9.20. The topological polar surface area (TPSA) is 21.6 Å². The number of halogens is 1. The molecule has 0 amide bonds. The summed E-state index contributed by atoms with van der Waals surface area (Å²) in [4.78, 5) is 3.78. The Labute approximate surface area is 80.8 Å². The van der Waals surface area contributed by atoms with Gasteiger partial charge in [-0.3, -0.25) is 0 Å². The Morgan fingerprint density at radius 3 is 2.92 bits per heavy atom. The summed E-state index contributed by atoms with van der Waals surface area (Å²) in [5, 5.41) is 2.82. The van der Waals surface area contributed by atoms with Crippen LogP contribution in [0.15, 0.2) is 23.2 Å². The van der Waals surface area contributed by atoms with E-state index in [9.17, 15) is 0 Å². The average Bonchev–Trinajstić information content (AvgIpc) is 2.09. The van der Waals surface area contributed by atoms with Crippen LogP contribution in [0.2, 0.25) is 5.02 Å². The summed E-state index contributed by atoms with van der Waals surface area (Å²) < 4.78 is 4.98. The number of aliphatic imine (C=N–C) groups is 1. The number of hydrogen-bond acceptors (Lipinski definition) is 3. The minimum Gasteiger partial charge on any atom is -0.495 e. The molecule has 0 aliphatic heterocycles. The number of nitrogens with zero attached hydrogens (tertiary/aromatic N) is 1. The van der Waals surface area contributed by atoms with E-state index >= 15 is 0 Å². The second-order valence-corrected chi connectivity index (χ2v) is 2.61. The quantitative estimate of drug-likeness (QED) is 0.539. The smallest absolute Gasteiger partial charge is 0.139 e. The number of benzene rings is 1. The number of rotatable bonds is 2. The molecule has 0 fully saturated rings. The average molecular weight is 200 g/mol. The first-order valence-electron chi connectivity index (χ1n) is 3.19. The van der Waals surface area contributed by atoms with Gasteiger partial charge in [-0.2, -0.15) is 4.99 Å². The van der Waals surface area contributed by atoms with E-state index in [-0.39, 0.29) is 0 Å². The van der Waals surface area contributed by atoms with Crippen molar-refractivity contribution >= 4 is 34.7 Å². The van der Waals surface area contributed by atoms with Crippen LogP contribution in [0, 0.1) is 0 Å². The number of hydrogen-bond donors (Lipinski definition) is 0. The zero-order valence-corrected chi connectivity index (χ0v) is 7.95. The number of methoxy groups -OCH3 is 1. The first-order chi connectivity index (χ1) is 5.77. The Morgan fingerprint density at radius 2 is 2.33 bits per heavy atom. The third-order valence-corrected chi connectivity index (χ3v) is 1.71. The van der Waals surface area contributed by atoms with Gasteiger partial charge < -0.3 is 4.74 Å². The van der Waals surface area contributed by atoms with E-state index in [2.05, 4.69) is 22.4 Å². The van der Waals surface area contributed by atoms with E-state index in [0.29, 0.717) is 16.5 Å². The maximum absolute atomic E-state index is 5.78. The maximum atomic E-state index is 5.78. The van der Waals surface area contributed by atoms with Gasteiger partial charge in [0, 0.05) is 6.07 Å². The molecule has 2 nitrogen and oxygen atoms in total. The zero-order valence-electron chi connectivity index (χ0n) is 6.37. The molecule has 12 heavy (non-hydrogen) atoms. The van der Waals surface area contributed by atoms with Crippen LogP contribution < -0.4 is 4.74 Å². The SMILES string of the molecule is COc1cc(N=C=S)ccc1Cl. The molecule has 1 rings (SSSR count). The van der Waals surface area contributed by atoms with Crippen molar-refractivity contribution in [1.29, 1.82) is 0 Å². The normalized spacial score (nSPS) is 8.83. The van der Waals surface area contributed by atoms with Crippen molar-refractivity contribution in [3.63, 3.8) is 0 Å². The Morgan fingerprint density at radius 1 is 1.58 bits per heavy atom. The van der Waals surface area contributed by atoms with Gasteiger partial charge >= 0.3 is 0 Å². The molecule has 0 spiro atoms. The Kier molecular flexibility index (Phi) is 3.23. The van der Waals surface area contributed by atoms with E-state index < -0.39 is 0 Å². The molecule has 1 aromatic carbocycles. The summed E-state index contributed by atoms with van der Waals surface area (Å²) in [5.74, 6) is 0.586. The van der Waals surface area contributed by atoms with Gasteiger partial charge in [0.15, 0.2) is 0 Å². The van der Waals surface area contributed by atoms with Crippen LogP contribution >= 0.6 is 23.8 Å². The Bertz CT molecular complexity index is 334. The Balaban J connectivity index is 3.13. The van der Waals surface area contributed by atoms with Crippen molar-refractivity contribution in [2.75, 3.05) is 7.11 Å². The van der Waals surface area contributed by atoms with Gasteiger partial charge in [-0.15, -0.1) is 0 Å². The molecule has 0 heterocycles. The van der Waals surface area contributed by atoms with Gasteiger partial charge in [0.05, 0.1) is 23.0 Å². The maximum Gasteiger partial charge on any atom is 0.139 e. The Hall–Kier alpha value is -0.890. The van der Waals surface area contributed by atoms with Gasteiger partial charge in [0.25, 0.3) is 0 Å². The van der Waals surface area contributed by atoms with Gasteiger partial charge in [-0.25, -0.2) is 0 Å². The predicted octanol–water partition coefficient (Wildman–Crippen LogP) is 3.08. The van der Waals surface area contributed by atoms with Crippen LogP contribution in [0.4, 0.5) is 5.69 Å². The predicted molar refractivity (Wildman–Crippen MR) is 52.7 cm³/mol. The molecule has 0 bridgehead atoms. The second kappa shape index (κ2) is 4.21. The van der Waals surface area contributed by atoms with Gasteiger partial charge in [0.1, 0.15) is 5.75 Å². The first-order valence-corrected chi connectivity index (χ1v) is 3.98. The van der Waals surface area contributed by atoms with E-state index in [1.54, 1.807) is 25.3 Å². The number of isothiocyanates is 1. The summed E-state index contributed by atoms with van der Waals surface area (Å²) in [5.41, 5.74) is 0.686. The highest BCUT2D eigenvalue weighted by atomic mass is 35.5. The molecule has 1 aromatic rings. The summed E-state index contributed by atoms with van der Waals surface area (Å²) in [6.45, 7) is 0. The van der Waals surface area contributed by atoms with Gasteiger partial charge in [0.2, 0.25) is 0 Å². The lowest BCUT2D eigenvalue weighted by atomic mass is 10.3. The molecule has 0 N–H and O–H groups in total. The molecule has 0 saturated carbocycles. The van der Waals surface area contributed by atoms with Crippen molar-refractivity contribution in [2.24, 2.45) is 4.99 Å². The van der Waals surface area contributed by atoms with Crippen LogP contribution in [0.1, 0.15) is 0 Å². The van der Waals surface area contributed by atoms with Crippen LogP contribution in [0.5, 0.6) is 5.75 Å². The van der Waals surface area contributed by atoms with E-state index in [0.717, 1.165) is 0 Å². The van der Waals surface area contributed by atoms with Gasteiger partial charge in [-0.1, -0.05) is 11.6 Å². The summed E-state index contributed by atoms with van der Waals surface area (Å²) in [6.07, 6.45) is 0. The van der Waals surface area contributed by atoms with Gasteiger partial charge in [-0.05, 0) is 24.4 Å². The fourth-order valence-electron chi connectivity index (χ4n) is 0.771. The molecule has 0 atom stereocenters. The lowest BCUT2D eigenvalue weighted by molar-refractivity contribution is 0.415. The molecular weight excluding hydrogens is 194 g/mol. The molecule has 0 aliphatic carbocycles. The lowest BCUT2D eigenvalue weighted by Gasteiger charge is -2.01. The highest BCUT2D eigenvalue weighted by molar-refractivity contribution is 7.78. The zero-order chi connectivity index (χ0) is 8.97. The third-order valence-electron chi connectivity index (χ3n) is 1.31. The fraction of sp³-hybridized carbons (Fsp3) is 0.125. The lowest BCUT2D eigenvalue weighted by Crippen LogP contribution is -1.82. The largest absolute Gasteiger partial charge is 0.495 e. The van der Waals surface area contributed by atoms with Crippen LogP contribution in [0.25, 0.3) is 0 Å². The molecule has 0 radical (unpaired) electrons. The van der Waals surface area contributed by atoms with E-state index in [1.165, 1.54) is 0 Å². The minimum absolute atomic E-state index is 0.556. The van der Waals surface area contributed by atoms with Crippen molar-refractivity contribution in [2.45, 2.75) is 0 Å². The van der Waals surface area contributed by atoms with Crippen molar-refractivity contribution in [3.8, 4) is 5.75 Å². The molecule has 62 valence electrons. The second-order valence-electron chi connectivity index (χ2n) is 2.02. The van der Waals surface area contributed by atoms with E-state index in [4.69, 9.17) is 16.3 Å². The standard InChI is InChI=1S/C8H6ClNOS/c1-11-8-4-6(10-5-12)2-3-7(8)9/h2-4H,1H3. The fourth-order valence-corrected chi connectivity index (χ4v) is 1.07. The van der Waals surface area contributed by atoms with Crippen molar-refractivity contribution in [1.82, 2.24) is 0 Å². The molecule has 0 aliphatic rings. The monoisotopic (exact) mass is 199 g/mol. The molecule has 0 unspecified atom stereocenters. The molecule has 0 aromatic heterocycles. The summed E-state index contributed by atoms with van der Waals surface area (Å²) in [7, 11) is 1.55.